The van der Waals surface area contributed by atoms with E-state index >= 15 is 0 Å². The zero-order chi connectivity index (χ0) is 15.4. The number of aromatic nitrogens is 2. The maximum atomic E-state index is 5.80. The van der Waals surface area contributed by atoms with E-state index < -0.39 is 0 Å². The van der Waals surface area contributed by atoms with Crippen LogP contribution in [0.2, 0.25) is 0 Å². The molecule has 0 aliphatic carbocycles. The van der Waals surface area contributed by atoms with Gasteiger partial charge in [0.25, 0.3) is 0 Å². The van der Waals surface area contributed by atoms with Gasteiger partial charge in [-0.15, -0.1) is 0 Å². The van der Waals surface area contributed by atoms with Crippen LogP contribution < -0.4 is 14.2 Å². The fourth-order valence-electron chi connectivity index (χ4n) is 1.81. The largest absolute Gasteiger partial charge is 0.493 e. The number of rotatable bonds is 5. The van der Waals surface area contributed by atoms with Crippen LogP contribution in [0.3, 0.4) is 0 Å². The van der Waals surface area contributed by atoms with Crippen LogP contribution in [0, 0.1) is 3.57 Å². The molecule has 0 saturated carbocycles. The molecule has 0 radical (unpaired) electrons. The predicted molar refractivity (Wildman–Crippen MR) is 89.1 cm³/mol. The molecule has 0 saturated heterocycles. The van der Waals surface area contributed by atoms with Gasteiger partial charge in [0, 0.05) is 9.13 Å². The Morgan fingerprint density at radius 3 is 2.43 bits per heavy atom. The van der Waals surface area contributed by atoms with Crippen molar-refractivity contribution in [1.82, 2.24) is 9.97 Å². The Bertz CT molecular complexity index is 632. The minimum Gasteiger partial charge on any atom is -0.493 e. The first kappa shape index (κ1) is 15.8. The van der Waals surface area contributed by atoms with Crippen LogP contribution in [-0.2, 0) is 0 Å². The number of halogens is 1. The van der Waals surface area contributed by atoms with Crippen molar-refractivity contribution >= 4 is 22.6 Å². The lowest BCUT2D eigenvalue weighted by molar-refractivity contribution is 0.230. The molecule has 0 fully saturated rings. The lowest BCUT2D eigenvalue weighted by Crippen LogP contribution is -2.07. The van der Waals surface area contributed by atoms with Crippen molar-refractivity contribution in [3.8, 4) is 28.6 Å². The molecule has 112 valence electrons. The lowest BCUT2D eigenvalue weighted by Gasteiger charge is -2.16. The van der Waals surface area contributed by atoms with Gasteiger partial charge in [0.2, 0.25) is 5.88 Å². The molecule has 0 spiro atoms. The maximum absolute atomic E-state index is 5.80. The van der Waals surface area contributed by atoms with Crippen LogP contribution in [0.4, 0.5) is 0 Å². The van der Waals surface area contributed by atoms with Gasteiger partial charge in [-0.3, -0.25) is 4.98 Å². The molecule has 2 rings (SSSR count). The van der Waals surface area contributed by atoms with Crippen molar-refractivity contribution < 1.29 is 14.2 Å². The molecule has 0 aliphatic rings. The number of methoxy groups -OCH3 is 2. The number of hydrogen-bond donors (Lipinski definition) is 0. The maximum Gasteiger partial charge on any atom is 0.232 e. The van der Waals surface area contributed by atoms with E-state index in [9.17, 15) is 0 Å². The van der Waals surface area contributed by atoms with Crippen LogP contribution in [0.15, 0.2) is 24.5 Å². The summed E-state index contributed by atoms with van der Waals surface area (Å²) in [5.74, 6) is 1.87. The first-order valence-corrected chi connectivity index (χ1v) is 7.53. The highest BCUT2D eigenvalue weighted by Crippen LogP contribution is 2.36. The third kappa shape index (κ3) is 3.75. The van der Waals surface area contributed by atoms with E-state index in [-0.39, 0.29) is 6.10 Å². The van der Waals surface area contributed by atoms with Crippen molar-refractivity contribution in [1.29, 1.82) is 0 Å². The first-order chi connectivity index (χ1) is 10.0. The Hall–Kier alpha value is -1.57. The molecular formula is C15H17IN2O3. The molecule has 1 aromatic carbocycles. The minimum absolute atomic E-state index is 0.0585. The minimum atomic E-state index is 0.0585. The van der Waals surface area contributed by atoms with Crippen molar-refractivity contribution in [3.63, 3.8) is 0 Å². The molecular weight excluding hydrogens is 383 g/mol. The van der Waals surface area contributed by atoms with Gasteiger partial charge < -0.3 is 14.2 Å². The Morgan fingerprint density at radius 2 is 1.81 bits per heavy atom. The molecule has 0 atom stereocenters. The predicted octanol–water partition coefficient (Wildman–Crippen LogP) is 3.55. The van der Waals surface area contributed by atoms with Gasteiger partial charge in [-0.2, -0.15) is 0 Å². The van der Waals surface area contributed by atoms with Gasteiger partial charge in [0.15, 0.2) is 11.5 Å². The Labute approximate surface area is 137 Å². The van der Waals surface area contributed by atoms with E-state index in [0.29, 0.717) is 17.4 Å². The third-order valence-electron chi connectivity index (χ3n) is 2.71. The summed E-state index contributed by atoms with van der Waals surface area (Å²) in [7, 11) is 3.20. The lowest BCUT2D eigenvalue weighted by atomic mass is 10.1. The van der Waals surface area contributed by atoms with Gasteiger partial charge in [0.05, 0.1) is 38.4 Å². The van der Waals surface area contributed by atoms with Crippen LogP contribution in [0.5, 0.6) is 17.4 Å². The molecule has 2 aromatic rings. The second kappa shape index (κ2) is 6.93. The van der Waals surface area contributed by atoms with Gasteiger partial charge in [0.1, 0.15) is 0 Å². The highest BCUT2D eigenvalue weighted by atomic mass is 127. The fourth-order valence-corrected chi connectivity index (χ4v) is 2.53. The van der Waals surface area contributed by atoms with Crippen molar-refractivity contribution in [2.75, 3.05) is 14.2 Å². The standard InChI is InChI=1S/C15H17IN2O3/c1-9(2)21-14-5-10(11(16)6-13(14)19-3)12-7-17-8-15(18-12)20-4/h5-9H,1-4H3. The monoisotopic (exact) mass is 400 g/mol. The van der Waals surface area contributed by atoms with E-state index in [1.807, 2.05) is 26.0 Å². The van der Waals surface area contributed by atoms with E-state index in [2.05, 4.69) is 32.6 Å². The quantitative estimate of drug-likeness (QED) is 0.719. The molecule has 0 bridgehead atoms. The number of hydrogen-bond acceptors (Lipinski definition) is 5. The van der Waals surface area contributed by atoms with E-state index in [1.165, 1.54) is 0 Å². The van der Waals surface area contributed by atoms with Crippen molar-refractivity contribution in [2.45, 2.75) is 20.0 Å². The Morgan fingerprint density at radius 1 is 1.05 bits per heavy atom. The zero-order valence-corrected chi connectivity index (χ0v) is 14.5. The average Bonchev–Trinajstić information content (AvgIpc) is 2.48. The third-order valence-corrected chi connectivity index (χ3v) is 3.61. The van der Waals surface area contributed by atoms with E-state index in [1.54, 1.807) is 26.6 Å². The SMILES string of the molecule is COc1cncc(-c2cc(OC(C)C)c(OC)cc2I)n1. The topological polar surface area (TPSA) is 53.5 Å². The molecule has 1 aromatic heterocycles. The molecule has 0 unspecified atom stereocenters. The first-order valence-electron chi connectivity index (χ1n) is 6.45. The number of nitrogens with zero attached hydrogens (tertiary/aromatic N) is 2. The molecule has 0 N–H and O–H groups in total. The summed E-state index contributed by atoms with van der Waals surface area (Å²) in [5, 5.41) is 0. The van der Waals surface area contributed by atoms with E-state index in [0.717, 1.165) is 14.8 Å². The highest BCUT2D eigenvalue weighted by molar-refractivity contribution is 14.1. The Kier molecular flexibility index (Phi) is 5.22. The van der Waals surface area contributed by atoms with Gasteiger partial charge >= 0.3 is 0 Å². The summed E-state index contributed by atoms with van der Waals surface area (Å²) in [6, 6.07) is 3.85. The number of benzene rings is 1. The highest BCUT2D eigenvalue weighted by Gasteiger charge is 2.14. The molecule has 1 heterocycles. The van der Waals surface area contributed by atoms with Crippen LogP contribution in [-0.4, -0.2) is 30.3 Å². The molecule has 0 amide bonds. The van der Waals surface area contributed by atoms with Crippen molar-refractivity contribution in [3.05, 3.63) is 28.1 Å². The zero-order valence-electron chi connectivity index (χ0n) is 12.4. The van der Waals surface area contributed by atoms with Crippen LogP contribution in [0.25, 0.3) is 11.3 Å². The molecule has 21 heavy (non-hydrogen) atoms. The van der Waals surface area contributed by atoms with Gasteiger partial charge in [-0.05, 0) is 48.6 Å². The molecule has 0 aliphatic heterocycles. The summed E-state index contributed by atoms with van der Waals surface area (Å²) in [6.07, 6.45) is 3.33. The summed E-state index contributed by atoms with van der Waals surface area (Å²) in [4.78, 5) is 8.56. The summed E-state index contributed by atoms with van der Waals surface area (Å²) < 4.78 is 17.3. The second-order valence-electron chi connectivity index (χ2n) is 4.60. The van der Waals surface area contributed by atoms with Crippen LogP contribution in [0.1, 0.15) is 13.8 Å². The fraction of sp³-hybridized carbons (Fsp3) is 0.333. The summed E-state index contributed by atoms with van der Waals surface area (Å²) >= 11 is 2.24. The second-order valence-corrected chi connectivity index (χ2v) is 5.76. The normalized spacial score (nSPS) is 10.6. The molecule has 6 heteroatoms. The van der Waals surface area contributed by atoms with Gasteiger partial charge in [-0.1, -0.05) is 0 Å². The molecule has 5 nitrogen and oxygen atoms in total. The smallest absolute Gasteiger partial charge is 0.232 e. The Balaban J connectivity index is 2.52. The van der Waals surface area contributed by atoms with Crippen LogP contribution >= 0.6 is 22.6 Å². The van der Waals surface area contributed by atoms with E-state index in [4.69, 9.17) is 14.2 Å². The number of ether oxygens (including phenoxy) is 3. The summed E-state index contributed by atoms with van der Waals surface area (Å²) in [5.41, 5.74) is 1.66. The van der Waals surface area contributed by atoms with Gasteiger partial charge in [-0.25, -0.2) is 4.98 Å². The summed E-state index contributed by atoms with van der Waals surface area (Å²) in [6.45, 7) is 3.95. The average molecular weight is 400 g/mol. The van der Waals surface area contributed by atoms with Crippen molar-refractivity contribution in [2.24, 2.45) is 0 Å².